The van der Waals surface area contributed by atoms with Crippen molar-refractivity contribution in [2.24, 2.45) is 16.4 Å². The molecule has 0 aromatic carbocycles. The standard InChI is InChI=1S/C10H15N3O2S/c1-6(2)9-5-7(3)8(4)10(9)16(14,15)13-12-11/h5-6,8H,1-4H3/t8-/m0/s1. The summed E-state index contributed by atoms with van der Waals surface area (Å²) in [6, 6.07) is 0. The number of sulfonamides is 1. The van der Waals surface area contributed by atoms with E-state index in [-0.39, 0.29) is 16.7 Å². The van der Waals surface area contributed by atoms with Crippen molar-refractivity contribution in [2.75, 3.05) is 0 Å². The molecule has 0 amide bonds. The molecule has 5 nitrogen and oxygen atoms in total. The van der Waals surface area contributed by atoms with E-state index in [9.17, 15) is 8.42 Å². The molecule has 1 aliphatic rings. The van der Waals surface area contributed by atoms with Gasteiger partial charge in [-0.3, -0.25) is 0 Å². The highest BCUT2D eigenvalue weighted by Gasteiger charge is 2.31. The lowest BCUT2D eigenvalue weighted by atomic mass is 10.0. The minimum absolute atomic E-state index is 0.0959. The van der Waals surface area contributed by atoms with Crippen LogP contribution < -0.4 is 0 Å². The van der Waals surface area contributed by atoms with Gasteiger partial charge in [0.25, 0.3) is 10.0 Å². The summed E-state index contributed by atoms with van der Waals surface area (Å²) in [5, 5.41) is 0. The molecule has 0 aliphatic heterocycles. The number of rotatable bonds is 3. The molecule has 0 heterocycles. The monoisotopic (exact) mass is 241 g/mol. The van der Waals surface area contributed by atoms with Crippen molar-refractivity contribution >= 4 is 10.0 Å². The minimum atomic E-state index is -3.85. The fourth-order valence-corrected chi connectivity index (χ4v) is 3.22. The Kier molecular flexibility index (Phi) is 3.45. The lowest BCUT2D eigenvalue weighted by Crippen LogP contribution is -2.09. The van der Waals surface area contributed by atoms with Crippen LogP contribution in [0.2, 0.25) is 0 Å². The fraction of sp³-hybridized carbons (Fsp3) is 0.600. The van der Waals surface area contributed by atoms with Crippen LogP contribution in [0.3, 0.4) is 0 Å². The molecule has 0 unspecified atom stereocenters. The first-order chi connectivity index (χ1) is 7.31. The maximum atomic E-state index is 11.8. The smallest absolute Gasteiger partial charge is 0.216 e. The van der Waals surface area contributed by atoms with E-state index < -0.39 is 10.0 Å². The van der Waals surface area contributed by atoms with Gasteiger partial charge >= 0.3 is 0 Å². The molecule has 88 valence electrons. The summed E-state index contributed by atoms with van der Waals surface area (Å²) in [7, 11) is -3.85. The van der Waals surface area contributed by atoms with Crippen LogP contribution in [0.25, 0.3) is 10.4 Å². The van der Waals surface area contributed by atoms with Crippen molar-refractivity contribution in [3.05, 3.63) is 32.6 Å². The topological polar surface area (TPSA) is 82.9 Å². The van der Waals surface area contributed by atoms with E-state index in [0.717, 1.165) is 11.1 Å². The molecule has 0 aromatic heterocycles. The molecule has 0 fully saturated rings. The van der Waals surface area contributed by atoms with Gasteiger partial charge in [0.1, 0.15) is 0 Å². The highest BCUT2D eigenvalue weighted by Crippen LogP contribution is 2.38. The molecule has 0 N–H and O–H groups in total. The highest BCUT2D eigenvalue weighted by atomic mass is 32.2. The van der Waals surface area contributed by atoms with Gasteiger partial charge < -0.3 is 0 Å². The van der Waals surface area contributed by atoms with Gasteiger partial charge in [-0.05, 0) is 23.9 Å². The van der Waals surface area contributed by atoms with Gasteiger partial charge in [0.15, 0.2) is 0 Å². The number of hydrogen-bond donors (Lipinski definition) is 0. The second-order valence-corrected chi connectivity index (χ2v) is 5.78. The van der Waals surface area contributed by atoms with E-state index >= 15 is 0 Å². The summed E-state index contributed by atoms with van der Waals surface area (Å²) in [6.45, 7) is 7.53. The van der Waals surface area contributed by atoms with E-state index in [2.05, 4.69) is 9.43 Å². The number of nitrogens with zero attached hydrogens (tertiary/aromatic N) is 3. The quantitative estimate of drug-likeness (QED) is 0.432. The molecule has 6 heteroatoms. The van der Waals surface area contributed by atoms with Gasteiger partial charge in [-0.15, -0.1) is 0 Å². The van der Waals surface area contributed by atoms with Gasteiger partial charge in [0.05, 0.1) is 4.91 Å². The molecule has 0 aromatic rings. The molecular formula is C10H15N3O2S. The molecule has 1 aliphatic carbocycles. The molecule has 1 atom stereocenters. The molecule has 0 saturated heterocycles. The van der Waals surface area contributed by atoms with E-state index in [0.29, 0.717) is 0 Å². The molecule has 16 heavy (non-hydrogen) atoms. The van der Waals surface area contributed by atoms with Gasteiger partial charge in [-0.25, -0.2) is 8.42 Å². The van der Waals surface area contributed by atoms with Gasteiger partial charge in [0, 0.05) is 15.3 Å². The number of allylic oxidation sites excluding steroid dienone is 4. The van der Waals surface area contributed by atoms with Crippen LogP contribution in [0.4, 0.5) is 0 Å². The Morgan fingerprint density at radius 2 is 2.06 bits per heavy atom. The summed E-state index contributed by atoms with van der Waals surface area (Å²) < 4.78 is 26.5. The SMILES string of the molecule is CC1=CC(C(C)C)=C(S(=O)(=O)N=[N+]=[N-])[C@H]1C. The maximum Gasteiger partial charge on any atom is 0.261 e. The highest BCUT2D eigenvalue weighted by molar-refractivity contribution is 7.93. The van der Waals surface area contributed by atoms with Crippen molar-refractivity contribution in [2.45, 2.75) is 27.7 Å². The van der Waals surface area contributed by atoms with E-state index in [1.807, 2.05) is 26.8 Å². The Morgan fingerprint density at radius 1 is 1.50 bits per heavy atom. The predicted molar refractivity (Wildman–Crippen MR) is 62.9 cm³/mol. The summed E-state index contributed by atoms with van der Waals surface area (Å²) in [4.78, 5) is 2.63. The zero-order chi connectivity index (χ0) is 12.5. The van der Waals surface area contributed by atoms with Crippen molar-refractivity contribution in [3.63, 3.8) is 0 Å². The average molecular weight is 241 g/mol. The Labute approximate surface area is 95.5 Å². The Morgan fingerprint density at radius 3 is 2.50 bits per heavy atom. The first-order valence-electron chi connectivity index (χ1n) is 5.05. The molecule has 0 bridgehead atoms. The normalized spacial score (nSPS) is 21.1. The number of azide groups is 1. The second-order valence-electron chi connectivity index (χ2n) is 4.23. The number of hydrogen-bond acceptors (Lipinski definition) is 2. The van der Waals surface area contributed by atoms with E-state index in [1.165, 1.54) is 0 Å². The summed E-state index contributed by atoms with van der Waals surface area (Å²) >= 11 is 0. The summed E-state index contributed by atoms with van der Waals surface area (Å²) in [6.07, 6.45) is 1.87. The van der Waals surface area contributed by atoms with Crippen LogP contribution in [0, 0.1) is 11.8 Å². The summed E-state index contributed by atoms with van der Waals surface area (Å²) in [5.74, 6) is -0.105. The third-order valence-electron chi connectivity index (χ3n) is 2.79. The van der Waals surface area contributed by atoms with Crippen LogP contribution in [0.5, 0.6) is 0 Å². The van der Waals surface area contributed by atoms with Crippen LogP contribution in [0.15, 0.2) is 26.6 Å². The van der Waals surface area contributed by atoms with E-state index in [4.69, 9.17) is 5.53 Å². The lowest BCUT2D eigenvalue weighted by molar-refractivity contribution is 0.597. The second kappa shape index (κ2) is 4.31. The fourth-order valence-electron chi connectivity index (χ4n) is 1.81. The van der Waals surface area contributed by atoms with Crippen molar-refractivity contribution < 1.29 is 8.42 Å². The molecule has 1 rings (SSSR count). The zero-order valence-electron chi connectivity index (χ0n) is 9.80. The van der Waals surface area contributed by atoms with Crippen LogP contribution in [-0.2, 0) is 10.0 Å². The van der Waals surface area contributed by atoms with Gasteiger partial charge in [-0.2, -0.15) is 0 Å². The average Bonchev–Trinajstić information content (AvgIpc) is 2.44. The van der Waals surface area contributed by atoms with E-state index in [1.54, 1.807) is 6.92 Å². The molecule has 0 spiro atoms. The Hall–Kier alpha value is -1.26. The summed E-state index contributed by atoms with van der Waals surface area (Å²) in [5.41, 5.74) is 10.0. The van der Waals surface area contributed by atoms with Gasteiger partial charge in [-0.1, -0.05) is 32.4 Å². The minimum Gasteiger partial charge on any atom is -0.216 e. The third-order valence-corrected chi connectivity index (χ3v) is 4.22. The maximum absolute atomic E-state index is 11.8. The van der Waals surface area contributed by atoms with Crippen LogP contribution >= 0.6 is 0 Å². The molecular weight excluding hydrogens is 226 g/mol. The Bertz CT molecular complexity index is 508. The predicted octanol–water partition coefficient (Wildman–Crippen LogP) is 3.13. The Balaban J connectivity index is 3.42. The third kappa shape index (κ3) is 2.13. The molecule has 0 saturated carbocycles. The van der Waals surface area contributed by atoms with Crippen LogP contribution in [-0.4, -0.2) is 8.42 Å². The van der Waals surface area contributed by atoms with Crippen molar-refractivity contribution in [3.8, 4) is 0 Å². The first kappa shape index (κ1) is 12.8. The molecule has 0 radical (unpaired) electrons. The van der Waals surface area contributed by atoms with Crippen molar-refractivity contribution in [1.82, 2.24) is 0 Å². The van der Waals surface area contributed by atoms with Crippen LogP contribution in [0.1, 0.15) is 27.7 Å². The zero-order valence-corrected chi connectivity index (χ0v) is 10.6. The lowest BCUT2D eigenvalue weighted by Gasteiger charge is -2.12. The first-order valence-corrected chi connectivity index (χ1v) is 6.49. The van der Waals surface area contributed by atoms with Gasteiger partial charge in [0.2, 0.25) is 0 Å². The largest absolute Gasteiger partial charge is 0.261 e. The van der Waals surface area contributed by atoms with Crippen molar-refractivity contribution in [1.29, 1.82) is 0 Å².